The van der Waals surface area contributed by atoms with Crippen molar-refractivity contribution < 1.29 is 9.53 Å². The minimum atomic E-state index is -0.200. The Morgan fingerprint density at radius 2 is 1.92 bits per heavy atom. The summed E-state index contributed by atoms with van der Waals surface area (Å²) in [5, 5.41) is 12.5. The molecule has 0 fully saturated rings. The van der Waals surface area contributed by atoms with Gasteiger partial charge in [0.15, 0.2) is 5.01 Å². The summed E-state index contributed by atoms with van der Waals surface area (Å²) in [5.41, 5.74) is 1.53. The number of halogens is 1. The Labute approximate surface area is 148 Å². The number of aryl methyl sites for hydroxylation is 1. The first-order valence-electron chi connectivity index (χ1n) is 7.19. The Balaban J connectivity index is 1.60. The Hall–Kier alpha value is -2.44. The average Bonchev–Trinajstić information content (AvgIpc) is 3.02. The fraction of sp³-hybridized carbons (Fsp3) is 0.118. The lowest BCUT2D eigenvalue weighted by atomic mass is 10.1. The molecule has 0 aliphatic rings. The van der Waals surface area contributed by atoms with E-state index in [1.54, 1.807) is 30.3 Å². The standard InChI is InChI=1S/C17H14ClN3O2S/c1-11-4-2-3-5-14(11)16(22)19-17-21-20-15(24-17)10-23-13-8-6-12(18)7-9-13/h2-9H,10H2,1H3,(H,19,21,22). The summed E-state index contributed by atoms with van der Waals surface area (Å²) in [6.45, 7) is 2.17. The van der Waals surface area contributed by atoms with Crippen LogP contribution in [0.1, 0.15) is 20.9 Å². The van der Waals surface area contributed by atoms with Gasteiger partial charge in [-0.15, -0.1) is 10.2 Å². The highest BCUT2D eigenvalue weighted by atomic mass is 35.5. The van der Waals surface area contributed by atoms with E-state index in [-0.39, 0.29) is 12.5 Å². The summed E-state index contributed by atoms with van der Waals surface area (Å²) in [7, 11) is 0. The molecule has 0 saturated heterocycles. The van der Waals surface area contributed by atoms with Crippen LogP contribution in [0.15, 0.2) is 48.5 Å². The van der Waals surface area contributed by atoms with Gasteiger partial charge in [0.25, 0.3) is 5.91 Å². The molecule has 0 radical (unpaired) electrons. The number of carbonyl (C=O) groups excluding carboxylic acids is 1. The van der Waals surface area contributed by atoms with Gasteiger partial charge in [-0.05, 0) is 42.8 Å². The lowest BCUT2D eigenvalue weighted by molar-refractivity contribution is 0.102. The van der Waals surface area contributed by atoms with E-state index < -0.39 is 0 Å². The number of aromatic nitrogens is 2. The van der Waals surface area contributed by atoms with E-state index in [9.17, 15) is 4.79 Å². The van der Waals surface area contributed by atoms with Crippen LogP contribution >= 0.6 is 22.9 Å². The highest BCUT2D eigenvalue weighted by Crippen LogP contribution is 2.20. The summed E-state index contributed by atoms with van der Waals surface area (Å²) in [5.74, 6) is 0.495. The number of carbonyl (C=O) groups is 1. The van der Waals surface area contributed by atoms with Crippen LogP contribution in [0.25, 0.3) is 0 Å². The molecule has 1 heterocycles. The average molecular weight is 360 g/mol. The number of hydrogen-bond acceptors (Lipinski definition) is 5. The third kappa shape index (κ3) is 4.10. The third-order valence-corrected chi connectivity index (χ3v) is 4.32. The Morgan fingerprint density at radius 3 is 2.67 bits per heavy atom. The molecule has 122 valence electrons. The van der Waals surface area contributed by atoms with Crippen LogP contribution < -0.4 is 10.1 Å². The van der Waals surface area contributed by atoms with Crippen molar-refractivity contribution in [2.75, 3.05) is 5.32 Å². The molecular formula is C17H14ClN3O2S. The SMILES string of the molecule is Cc1ccccc1C(=O)Nc1nnc(COc2ccc(Cl)cc2)s1. The van der Waals surface area contributed by atoms with E-state index >= 15 is 0 Å². The van der Waals surface area contributed by atoms with Gasteiger partial charge in [0.2, 0.25) is 5.13 Å². The van der Waals surface area contributed by atoms with Gasteiger partial charge in [0.05, 0.1) is 0 Å². The van der Waals surface area contributed by atoms with E-state index in [0.717, 1.165) is 5.56 Å². The zero-order chi connectivity index (χ0) is 16.9. The van der Waals surface area contributed by atoms with Crippen LogP contribution in [0, 0.1) is 6.92 Å². The summed E-state index contributed by atoms with van der Waals surface area (Å²) >= 11 is 7.11. The highest BCUT2D eigenvalue weighted by Gasteiger charge is 2.12. The number of amides is 1. The van der Waals surface area contributed by atoms with E-state index in [1.165, 1.54) is 11.3 Å². The Bertz CT molecular complexity index is 849. The summed E-state index contributed by atoms with van der Waals surface area (Å²) < 4.78 is 5.61. The number of nitrogens with one attached hydrogen (secondary N) is 1. The molecule has 5 nitrogen and oxygen atoms in total. The van der Waals surface area contributed by atoms with E-state index in [1.807, 2.05) is 25.1 Å². The molecule has 1 amide bonds. The van der Waals surface area contributed by atoms with E-state index in [2.05, 4.69) is 15.5 Å². The van der Waals surface area contributed by atoms with Crippen molar-refractivity contribution in [3.05, 3.63) is 69.7 Å². The first-order valence-corrected chi connectivity index (χ1v) is 8.39. The molecule has 0 saturated carbocycles. The van der Waals surface area contributed by atoms with Crippen LogP contribution in [0.4, 0.5) is 5.13 Å². The fourth-order valence-electron chi connectivity index (χ4n) is 2.03. The first kappa shape index (κ1) is 16.4. The number of hydrogen-bond donors (Lipinski definition) is 1. The largest absolute Gasteiger partial charge is 0.486 e. The van der Waals surface area contributed by atoms with Crippen LogP contribution in [-0.2, 0) is 6.61 Å². The van der Waals surface area contributed by atoms with Gasteiger partial charge in [0, 0.05) is 10.6 Å². The Morgan fingerprint density at radius 1 is 1.17 bits per heavy atom. The summed E-state index contributed by atoms with van der Waals surface area (Å²) in [6.07, 6.45) is 0. The minimum absolute atomic E-state index is 0.200. The number of rotatable bonds is 5. The molecule has 0 atom stereocenters. The van der Waals surface area contributed by atoms with Crippen LogP contribution in [0.5, 0.6) is 5.75 Å². The molecule has 0 spiro atoms. The van der Waals surface area contributed by atoms with Gasteiger partial charge in [-0.3, -0.25) is 10.1 Å². The highest BCUT2D eigenvalue weighted by molar-refractivity contribution is 7.15. The fourth-order valence-corrected chi connectivity index (χ4v) is 2.80. The molecule has 0 aliphatic carbocycles. The molecule has 3 aromatic rings. The summed E-state index contributed by atoms with van der Waals surface area (Å²) in [4.78, 5) is 12.2. The van der Waals surface area contributed by atoms with Gasteiger partial charge in [0.1, 0.15) is 12.4 Å². The molecule has 1 N–H and O–H groups in total. The van der Waals surface area contributed by atoms with Crippen molar-refractivity contribution in [3.8, 4) is 5.75 Å². The molecule has 1 aromatic heterocycles. The molecule has 3 rings (SSSR count). The van der Waals surface area contributed by atoms with Gasteiger partial charge >= 0.3 is 0 Å². The molecule has 2 aromatic carbocycles. The van der Waals surface area contributed by atoms with E-state index in [0.29, 0.717) is 26.5 Å². The first-order chi connectivity index (χ1) is 11.6. The zero-order valence-corrected chi connectivity index (χ0v) is 14.4. The minimum Gasteiger partial charge on any atom is -0.486 e. The number of benzene rings is 2. The monoisotopic (exact) mass is 359 g/mol. The normalized spacial score (nSPS) is 10.4. The van der Waals surface area contributed by atoms with Gasteiger partial charge in [-0.1, -0.05) is 41.1 Å². The third-order valence-electron chi connectivity index (χ3n) is 3.25. The van der Waals surface area contributed by atoms with Crippen LogP contribution in [0.2, 0.25) is 5.02 Å². The van der Waals surface area contributed by atoms with Crippen molar-refractivity contribution in [1.29, 1.82) is 0 Å². The van der Waals surface area contributed by atoms with Gasteiger partial charge in [-0.2, -0.15) is 0 Å². The number of anilines is 1. The predicted molar refractivity (Wildman–Crippen MR) is 94.8 cm³/mol. The molecule has 7 heteroatoms. The second-order valence-corrected chi connectivity index (χ2v) is 6.51. The van der Waals surface area contributed by atoms with Gasteiger partial charge in [-0.25, -0.2) is 0 Å². The maximum atomic E-state index is 12.2. The maximum Gasteiger partial charge on any atom is 0.257 e. The van der Waals surface area contributed by atoms with Crippen molar-refractivity contribution in [2.45, 2.75) is 13.5 Å². The molecule has 0 unspecified atom stereocenters. The second kappa shape index (κ2) is 7.42. The second-order valence-electron chi connectivity index (χ2n) is 5.01. The summed E-state index contributed by atoms with van der Waals surface area (Å²) in [6, 6.07) is 14.5. The lowest BCUT2D eigenvalue weighted by Crippen LogP contribution is -2.12. The molecule has 24 heavy (non-hydrogen) atoms. The molecular weight excluding hydrogens is 346 g/mol. The topological polar surface area (TPSA) is 64.1 Å². The maximum absolute atomic E-state index is 12.2. The quantitative estimate of drug-likeness (QED) is 0.736. The molecule has 0 bridgehead atoms. The van der Waals surface area contributed by atoms with Gasteiger partial charge < -0.3 is 4.74 Å². The smallest absolute Gasteiger partial charge is 0.257 e. The lowest BCUT2D eigenvalue weighted by Gasteiger charge is -2.04. The number of nitrogens with zero attached hydrogens (tertiary/aromatic N) is 2. The van der Waals surface area contributed by atoms with Crippen molar-refractivity contribution >= 4 is 34.0 Å². The van der Waals surface area contributed by atoms with Crippen LogP contribution in [-0.4, -0.2) is 16.1 Å². The van der Waals surface area contributed by atoms with Crippen molar-refractivity contribution in [3.63, 3.8) is 0 Å². The van der Waals surface area contributed by atoms with Crippen molar-refractivity contribution in [2.24, 2.45) is 0 Å². The zero-order valence-electron chi connectivity index (χ0n) is 12.8. The predicted octanol–water partition coefficient (Wildman–Crippen LogP) is 4.33. The number of ether oxygens (including phenoxy) is 1. The Kier molecular flexibility index (Phi) is 5.08. The van der Waals surface area contributed by atoms with Crippen molar-refractivity contribution in [1.82, 2.24) is 10.2 Å². The van der Waals surface area contributed by atoms with E-state index in [4.69, 9.17) is 16.3 Å². The van der Waals surface area contributed by atoms with Crippen LogP contribution in [0.3, 0.4) is 0 Å². The molecule has 0 aliphatic heterocycles.